The smallest absolute Gasteiger partial charge is 0.293 e. The van der Waals surface area contributed by atoms with Crippen molar-refractivity contribution in [1.29, 1.82) is 0 Å². The molecule has 22 heavy (non-hydrogen) atoms. The molecule has 0 aliphatic carbocycles. The lowest BCUT2D eigenvalue weighted by Gasteiger charge is -2.01. The number of hydrogen-bond donors (Lipinski definition) is 1. The highest BCUT2D eigenvalue weighted by atomic mass is 35.5. The molecule has 0 aliphatic heterocycles. The van der Waals surface area contributed by atoms with Crippen LogP contribution >= 0.6 is 23.2 Å². The first-order chi connectivity index (χ1) is 10.5. The predicted octanol–water partition coefficient (Wildman–Crippen LogP) is 3.03. The van der Waals surface area contributed by atoms with Gasteiger partial charge in [-0.3, -0.25) is 10.1 Å². The lowest BCUT2D eigenvalue weighted by atomic mass is 10.2. The van der Waals surface area contributed by atoms with Gasteiger partial charge in [-0.2, -0.15) is 4.80 Å². The van der Waals surface area contributed by atoms with Crippen molar-refractivity contribution in [3.05, 3.63) is 46.1 Å². The molecule has 3 rings (SSSR count). The molecule has 1 aromatic carbocycles. The Labute approximate surface area is 134 Å². The van der Waals surface area contributed by atoms with Crippen LogP contribution in [-0.2, 0) is 7.05 Å². The topological polar surface area (TPSA) is 85.8 Å². The fraction of sp³-hybridized carbons (Fsp3) is 0.0769. The van der Waals surface area contributed by atoms with E-state index in [0.717, 1.165) is 0 Å². The number of nitrogens with one attached hydrogen (secondary N) is 1. The summed E-state index contributed by atoms with van der Waals surface area (Å²) in [7, 11) is 1.59. The van der Waals surface area contributed by atoms with Crippen molar-refractivity contribution in [2.75, 3.05) is 5.32 Å². The number of tetrazole rings is 1. The quantitative estimate of drug-likeness (QED) is 0.793. The summed E-state index contributed by atoms with van der Waals surface area (Å²) in [6.45, 7) is 0. The molecule has 2 aromatic heterocycles. The molecule has 2 heterocycles. The number of halogens is 2. The maximum absolute atomic E-state index is 12.0. The van der Waals surface area contributed by atoms with Gasteiger partial charge in [0.2, 0.25) is 0 Å². The van der Waals surface area contributed by atoms with Crippen LogP contribution in [0.15, 0.2) is 34.7 Å². The van der Waals surface area contributed by atoms with E-state index < -0.39 is 5.91 Å². The summed E-state index contributed by atoms with van der Waals surface area (Å²) in [5.74, 6) is 0.131. The predicted molar refractivity (Wildman–Crippen MR) is 80.9 cm³/mol. The Morgan fingerprint density at radius 1 is 1.27 bits per heavy atom. The minimum absolute atomic E-state index is 0.0891. The first-order valence-corrected chi connectivity index (χ1v) is 6.89. The molecule has 0 atom stereocenters. The zero-order chi connectivity index (χ0) is 15.7. The summed E-state index contributed by atoms with van der Waals surface area (Å²) in [5.41, 5.74) is 0.603. The lowest BCUT2D eigenvalue weighted by Crippen LogP contribution is -2.12. The molecule has 7 nitrogen and oxygen atoms in total. The van der Waals surface area contributed by atoms with E-state index in [4.69, 9.17) is 27.6 Å². The van der Waals surface area contributed by atoms with Gasteiger partial charge >= 0.3 is 0 Å². The largest absolute Gasteiger partial charge is 0.451 e. The molecule has 0 fully saturated rings. The van der Waals surface area contributed by atoms with Crippen LogP contribution in [0.4, 0.5) is 5.95 Å². The summed E-state index contributed by atoms with van der Waals surface area (Å²) in [5, 5.41) is 14.6. The van der Waals surface area contributed by atoms with Crippen molar-refractivity contribution in [2.45, 2.75) is 0 Å². The van der Waals surface area contributed by atoms with Crippen LogP contribution in [0.2, 0.25) is 10.0 Å². The fourth-order valence-electron chi connectivity index (χ4n) is 1.79. The number of carbonyl (C=O) groups is 1. The molecule has 3 aromatic rings. The average Bonchev–Trinajstić information content (AvgIpc) is 3.11. The van der Waals surface area contributed by atoms with E-state index in [0.29, 0.717) is 21.4 Å². The van der Waals surface area contributed by atoms with Crippen molar-refractivity contribution in [1.82, 2.24) is 20.2 Å². The van der Waals surface area contributed by atoms with Gasteiger partial charge in [0.1, 0.15) is 5.76 Å². The number of amides is 1. The van der Waals surface area contributed by atoms with E-state index in [9.17, 15) is 4.79 Å². The second-order valence-corrected chi connectivity index (χ2v) is 5.19. The van der Waals surface area contributed by atoms with Gasteiger partial charge in [-0.05, 0) is 35.5 Å². The Balaban J connectivity index is 1.84. The summed E-state index contributed by atoms with van der Waals surface area (Å²) in [6, 6.07) is 8.15. The summed E-state index contributed by atoms with van der Waals surface area (Å²) in [6.07, 6.45) is 0. The Morgan fingerprint density at radius 2 is 2.09 bits per heavy atom. The number of carbonyl (C=O) groups excluding carboxylic acids is 1. The van der Waals surface area contributed by atoms with Crippen molar-refractivity contribution >= 4 is 35.1 Å². The molecule has 9 heteroatoms. The Morgan fingerprint density at radius 3 is 2.82 bits per heavy atom. The number of benzene rings is 1. The van der Waals surface area contributed by atoms with Gasteiger partial charge in [0.15, 0.2) is 5.76 Å². The van der Waals surface area contributed by atoms with E-state index in [1.165, 1.54) is 10.9 Å². The van der Waals surface area contributed by atoms with Gasteiger partial charge in [-0.15, -0.1) is 5.10 Å². The van der Waals surface area contributed by atoms with E-state index in [2.05, 4.69) is 20.7 Å². The molecule has 0 spiro atoms. The molecular weight excluding hydrogens is 329 g/mol. The molecule has 0 bridgehead atoms. The highest BCUT2D eigenvalue weighted by molar-refractivity contribution is 6.35. The molecule has 0 aliphatic rings. The number of anilines is 1. The highest BCUT2D eigenvalue weighted by Crippen LogP contribution is 2.31. The lowest BCUT2D eigenvalue weighted by molar-refractivity contribution is 0.0996. The monoisotopic (exact) mass is 337 g/mol. The van der Waals surface area contributed by atoms with Gasteiger partial charge in [0.25, 0.3) is 11.9 Å². The van der Waals surface area contributed by atoms with Crippen LogP contribution < -0.4 is 5.32 Å². The van der Waals surface area contributed by atoms with Gasteiger partial charge < -0.3 is 4.42 Å². The first-order valence-electron chi connectivity index (χ1n) is 6.13. The highest BCUT2D eigenvalue weighted by Gasteiger charge is 2.16. The molecule has 1 N–H and O–H groups in total. The Kier molecular flexibility index (Phi) is 3.82. The summed E-state index contributed by atoms with van der Waals surface area (Å²) >= 11 is 12.0. The van der Waals surface area contributed by atoms with Crippen LogP contribution in [0, 0.1) is 0 Å². The van der Waals surface area contributed by atoms with Crippen LogP contribution in [0.1, 0.15) is 10.6 Å². The number of aromatic nitrogens is 4. The average molecular weight is 338 g/mol. The van der Waals surface area contributed by atoms with E-state index in [1.807, 2.05) is 0 Å². The van der Waals surface area contributed by atoms with Crippen molar-refractivity contribution in [3.8, 4) is 11.3 Å². The van der Waals surface area contributed by atoms with Crippen molar-refractivity contribution in [2.24, 2.45) is 7.05 Å². The third-order valence-corrected chi connectivity index (χ3v) is 3.32. The van der Waals surface area contributed by atoms with E-state index in [-0.39, 0.29) is 11.7 Å². The van der Waals surface area contributed by atoms with Gasteiger partial charge in [-0.1, -0.05) is 28.3 Å². The van der Waals surface area contributed by atoms with Crippen LogP contribution in [0.3, 0.4) is 0 Å². The van der Waals surface area contributed by atoms with Crippen molar-refractivity contribution < 1.29 is 9.21 Å². The molecule has 1 amide bonds. The molecular formula is C13H9Cl2N5O2. The normalized spacial score (nSPS) is 10.7. The first kappa shape index (κ1) is 14.6. The minimum Gasteiger partial charge on any atom is -0.451 e. The third kappa shape index (κ3) is 2.95. The molecule has 0 saturated heterocycles. The second kappa shape index (κ2) is 5.78. The number of hydrogen-bond acceptors (Lipinski definition) is 5. The zero-order valence-corrected chi connectivity index (χ0v) is 12.8. The third-order valence-electron chi connectivity index (χ3n) is 2.76. The summed E-state index contributed by atoms with van der Waals surface area (Å²) in [4.78, 5) is 13.3. The number of furan rings is 1. The second-order valence-electron chi connectivity index (χ2n) is 4.34. The number of rotatable bonds is 3. The maximum atomic E-state index is 12.0. The van der Waals surface area contributed by atoms with Gasteiger partial charge in [0, 0.05) is 10.6 Å². The van der Waals surface area contributed by atoms with Crippen LogP contribution in [-0.4, -0.2) is 26.1 Å². The van der Waals surface area contributed by atoms with E-state index in [1.54, 1.807) is 31.3 Å². The standard InChI is InChI=1S/C13H9Cl2N5O2/c1-20-18-13(17-19-20)16-12(21)11-5-4-10(22-11)8-6-7(14)2-3-9(8)15/h2-6H,1H3,(H,16,18,21). The molecule has 0 unspecified atom stereocenters. The number of nitrogens with zero attached hydrogens (tertiary/aromatic N) is 4. The molecule has 112 valence electrons. The SMILES string of the molecule is Cn1nnc(NC(=O)c2ccc(-c3cc(Cl)ccc3Cl)o2)n1. The van der Waals surface area contributed by atoms with Crippen LogP contribution in [0.25, 0.3) is 11.3 Å². The molecule has 0 radical (unpaired) electrons. The summed E-state index contributed by atoms with van der Waals surface area (Å²) < 4.78 is 5.51. The zero-order valence-electron chi connectivity index (χ0n) is 11.2. The van der Waals surface area contributed by atoms with E-state index >= 15 is 0 Å². The minimum atomic E-state index is -0.489. The van der Waals surface area contributed by atoms with Crippen molar-refractivity contribution in [3.63, 3.8) is 0 Å². The maximum Gasteiger partial charge on any atom is 0.293 e. The fourth-order valence-corrected chi connectivity index (χ4v) is 2.17. The number of aryl methyl sites for hydroxylation is 1. The molecule has 0 saturated carbocycles. The Hall–Kier alpha value is -2.38. The Bertz CT molecular complexity index is 843. The van der Waals surface area contributed by atoms with Gasteiger partial charge in [-0.25, -0.2) is 0 Å². The van der Waals surface area contributed by atoms with Crippen LogP contribution in [0.5, 0.6) is 0 Å². The van der Waals surface area contributed by atoms with Gasteiger partial charge in [0.05, 0.1) is 12.1 Å².